The topological polar surface area (TPSA) is 51.8 Å². The quantitative estimate of drug-likeness (QED) is 0.849. The van der Waals surface area contributed by atoms with Crippen molar-refractivity contribution in [1.29, 1.82) is 0 Å². The van der Waals surface area contributed by atoms with Gasteiger partial charge in [-0.3, -0.25) is 9.58 Å². The first kappa shape index (κ1) is 14.9. The molecule has 0 spiro atoms. The molecule has 0 N–H and O–H groups in total. The highest BCUT2D eigenvalue weighted by molar-refractivity contribution is 5.22. The van der Waals surface area contributed by atoms with Crippen LogP contribution in [0, 0.1) is 0 Å². The Bertz CT molecular complexity index is 679. The molecule has 2 aromatic rings. The van der Waals surface area contributed by atoms with E-state index in [2.05, 4.69) is 32.9 Å². The molecule has 2 aromatic heterocycles. The summed E-state index contributed by atoms with van der Waals surface area (Å²) in [5, 5.41) is 13.4. The predicted molar refractivity (Wildman–Crippen MR) is 87.9 cm³/mol. The standard InChI is InChI=1S/C17H26N6/c1-21(12-16-19-18-15-8-5-9-23(15)16)10-14-11-22(2)20-17(14)13-6-3-4-7-13/h11,13H,3-10,12H2,1-2H3. The zero-order valence-corrected chi connectivity index (χ0v) is 14.2. The minimum Gasteiger partial charge on any atom is -0.314 e. The summed E-state index contributed by atoms with van der Waals surface area (Å²) < 4.78 is 4.27. The number of rotatable bonds is 5. The summed E-state index contributed by atoms with van der Waals surface area (Å²) in [5.74, 6) is 2.92. The molecule has 1 saturated carbocycles. The minimum atomic E-state index is 0.664. The Labute approximate surface area is 137 Å². The van der Waals surface area contributed by atoms with Gasteiger partial charge < -0.3 is 4.57 Å². The van der Waals surface area contributed by atoms with Crippen LogP contribution < -0.4 is 0 Å². The van der Waals surface area contributed by atoms with Crippen molar-refractivity contribution in [2.75, 3.05) is 7.05 Å². The number of aromatic nitrogens is 5. The first-order chi connectivity index (χ1) is 11.2. The predicted octanol–water partition coefficient (Wildman–Crippen LogP) is 2.25. The summed E-state index contributed by atoms with van der Waals surface area (Å²) >= 11 is 0. The molecule has 2 aliphatic rings. The molecule has 0 bridgehead atoms. The van der Waals surface area contributed by atoms with Crippen LogP contribution >= 0.6 is 0 Å². The first-order valence-electron chi connectivity index (χ1n) is 8.82. The molecule has 0 saturated heterocycles. The van der Waals surface area contributed by atoms with Crippen LogP contribution in [0.25, 0.3) is 0 Å². The maximum atomic E-state index is 4.76. The molecule has 0 amide bonds. The molecule has 0 atom stereocenters. The third-order valence-electron chi connectivity index (χ3n) is 5.22. The van der Waals surface area contributed by atoms with Gasteiger partial charge in [0.2, 0.25) is 0 Å². The Balaban J connectivity index is 1.47. The summed E-state index contributed by atoms with van der Waals surface area (Å²) in [5.41, 5.74) is 2.70. The molecule has 1 aliphatic carbocycles. The van der Waals surface area contributed by atoms with Crippen molar-refractivity contribution in [3.8, 4) is 0 Å². The summed E-state index contributed by atoms with van der Waals surface area (Å²) in [6.07, 6.45) is 9.77. The lowest BCUT2D eigenvalue weighted by molar-refractivity contribution is 0.303. The summed E-state index contributed by atoms with van der Waals surface area (Å²) in [7, 11) is 4.20. The zero-order valence-electron chi connectivity index (χ0n) is 14.2. The molecular weight excluding hydrogens is 288 g/mol. The SMILES string of the molecule is CN(Cc1cn(C)nc1C1CCCC1)Cc1nnc2n1CCC2. The molecule has 0 radical (unpaired) electrons. The van der Waals surface area contributed by atoms with Gasteiger partial charge in [-0.05, 0) is 26.3 Å². The van der Waals surface area contributed by atoms with E-state index < -0.39 is 0 Å². The average Bonchev–Trinajstić information content (AvgIpc) is 3.25. The van der Waals surface area contributed by atoms with Crippen molar-refractivity contribution in [3.05, 3.63) is 29.1 Å². The molecule has 3 heterocycles. The van der Waals surface area contributed by atoms with Crippen molar-refractivity contribution in [1.82, 2.24) is 29.4 Å². The number of hydrogen-bond donors (Lipinski definition) is 0. The van der Waals surface area contributed by atoms with Crippen molar-refractivity contribution < 1.29 is 0 Å². The van der Waals surface area contributed by atoms with Gasteiger partial charge in [0.1, 0.15) is 11.6 Å². The van der Waals surface area contributed by atoms with E-state index in [0.717, 1.165) is 37.7 Å². The lowest BCUT2D eigenvalue weighted by atomic mass is 10.0. The third-order valence-corrected chi connectivity index (χ3v) is 5.22. The molecule has 4 rings (SSSR count). The molecule has 0 unspecified atom stereocenters. The molecule has 0 aromatic carbocycles. The zero-order chi connectivity index (χ0) is 15.8. The molecule has 1 aliphatic heterocycles. The van der Waals surface area contributed by atoms with Crippen LogP contribution in [0.4, 0.5) is 0 Å². The average molecular weight is 314 g/mol. The third kappa shape index (κ3) is 2.92. The van der Waals surface area contributed by atoms with Gasteiger partial charge in [-0.25, -0.2) is 0 Å². The Hall–Kier alpha value is -1.69. The normalized spacial score (nSPS) is 18.2. The highest BCUT2D eigenvalue weighted by atomic mass is 15.3. The van der Waals surface area contributed by atoms with E-state index >= 15 is 0 Å². The fourth-order valence-electron chi connectivity index (χ4n) is 4.14. The first-order valence-corrected chi connectivity index (χ1v) is 8.82. The number of hydrogen-bond acceptors (Lipinski definition) is 4. The fourth-order valence-corrected chi connectivity index (χ4v) is 4.14. The smallest absolute Gasteiger partial charge is 0.147 e. The van der Waals surface area contributed by atoms with Gasteiger partial charge in [-0.1, -0.05) is 12.8 Å². The van der Waals surface area contributed by atoms with Gasteiger partial charge in [-0.15, -0.1) is 10.2 Å². The van der Waals surface area contributed by atoms with Crippen LogP contribution in [0.1, 0.15) is 60.9 Å². The van der Waals surface area contributed by atoms with E-state index in [1.165, 1.54) is 43.4 Å². The van der Waals surface area contributed by atoms with E-state index in [0.29, 0.717) is 5.92 Å². The van der Waals surface area contributed by atoms with Crippen LogP contribution in [0.3, 0.4) is 0 Å². The van der Waals surface area contributed by atoms with Gasteiger partial charge >= 0.3 is 0 Å². The number of fused-ring (bicyclic) bond motifs is 1. The van der Waals surface area contributed by atoms with E-state index in [4.69, 9.17) is 5.10 Å². The Morgan fingerprint density at radius 2 is 2.00 bits per heavy atom. The van der Waals surface area contributed by atoms with Gasteiger partial charge in [0.05, 0.1) is 12.2 Å². The van der Waals surface area contributed by atoms with Gasteiger partial charge in [0, 0.05) is 44.2 Å². The van der Waals surface area contributed by atoms with E-state index in [1.807, 2.05) is 11.7 Å². The van der Waals surface area contributed by atoms with Crippen molar-refractivity contribution in [3.63, 3.8) is 0 Å². The monoisotopic (exact) mass is 314 g/mol. The molecule has 124 valence electrons. The Kier molecular flexibility index (Phi) is 3.93. The second kappa shape index (κ2) is 6.07. The number of aryl methyl sites for hydroxylation is 2. The Morgan fingerprint density at radius 3 is 2.83 bits per heavy atom. The van der Waals surface area contributed by atoms with E-state index in [1.54, 1.807) is 0 Å². The van der Waals surface area contributed by atoms with Gasteiger partial charge in [0.25, 0.3) is 0 Å². The Morgan fingerprint density at radius 1 is 1.17 bits per heavy atom. The lowest BCUT2D eigenvalue weighted by Gasteiger charge is -2.17. The van der Waals surface area contributed by atoms with Crippen LogP contribution in [-0.2, 0) is 33.1 Å². The minimum absolute atomic E-state index is 0.664. The van der Waals surface area contributed by atoms with Crippen LogP contribution in [0.2, 0.25) is 0 Å². The molecule has 1 fully saturated rings. The second-order valence-corrected chi connectivity index (χ2v) is 7.15. The summed E-state index contributed by atoms with van der Waals surface area (Å²) in [4.78, 5) is 2.34. The van der Waals surface area contributed by atoms with Crippen LogP contribution in [0.15, 0.2) is 6.20 Å². The molecule has 6 nitrogen and oxygen atoms in total. The molecular formula is C17H26N6. The van der Waals surface area contributed by atoms with Gasteiger partial charge in [0.15, 0.2) is 0 Å². The number of nitrogens with zero attached hydrogens (tertiary/aromatic N) is 6. The van der Waals surface area contributed by atoms with E-state index in [9.17, 15) is 0 Å². The summed E-state index contributed by atoms with van der Waals surface area (Å²) in [6.45, 7) is 2.86. The van der Waals surface area contributed by atoms with Crippen LogP contribution in [-0.4, -0.2) is 36.5 Å². The molecule has 6 heteroatoms. The van der Waals surface area contributed by atoms with Crippen LogP contribution in [0.5, 0.6) is 0 Å². The fraction of sp³-hybridized carbons (Fsp3) is 0.706. The van der Waals surface area contributed by atoms with Crippen molar-refractivity contribution in [2.24, 2.45) is 7.05 Å². The van der Waals surface area contributed by atoms with Crippen molar-refractivity contribution >= 4 is 0 Å². The molecule has 23 heavy (non-hydrogen) atoms. The highest BCUT2D eigenvalue weighted by Crippen LogP contribution is 2.35. The largest absolute Gasteiger partial charge is 0.314 e. The summed E-state index contributed by atoms with van der Waals surface area (Å²) in [6, 6.07) is 0. The highest BCUT2D eigenvalue weighted by Gasteiger charge is 2.24. The van der Waals surface area contributed by atoms with E-state index in [-0.39, 0.29) is 0 Å². The lowest BCUT2D eigenvalue weighted by Crippen LogP contribution is -2.20. The maximum Gasteiger partial charge on any atom is 0.147 e. The van der Waals surface area contributed by atoms with Crippen molar-refractivity contribution in [2.45, 2.75) is 64.1 Å². The maximum absolute atomic E-state index is 4.76. The van der Waals surface area contributed by atoms with Gasteiger partial charge in [-0.2, -0.15) is 5.10 Å². The second-order valence-electron chi connectivity index (χ2n) is 7.15.